The summed E-state index contributed by atoms with van der Waals surface area (Å²) in [5.41, 5.74) is 2.92. The summed E-state index contributed by atoms with van der Waals surface area (Å²) in [5, 5.41) is 22.3. The molecule has 1 aliphatic rings. The van der Waals surface area contributed by atoms with Crippen molar-refractivity contribution < 1.29 is 9.53 Å². The fraction of sp³-hybridized carbons (Fsp3) is 0.478. The predicted octanol–water partition coefficient (Wildman–Crippen LogP) is 3.54. The molecule has 8 heteroatoms. The molecule has 3 aromatic rings. The van der Waals surface area contributed by atoms with Crippen molar-refractivity contribution in [2.24, 2.45) is 13.0 Å². The van der Waals surface area contributed by atoms with Crippen LogP contribution in [0.1, 0.15) is 40.3 Å². The van der Waals surface area contributed by atoms with Crippen molar-refractivity contribution in [2.45, 2.75) is 53.2 Å². The summed E-state index contributed by atoms with van der Waals surface area (Å²) in [4.78, 5) is 11.6. The maximum Gasteiger partial charge on any atom is 0.220 e. The summed E-state index contributed by atoms with van der Waals surface area (Å²) in [6, 6.07) is 6.28. The van der Waals surface area contributed by atoms with E-state index >= 15 is 0 Å². The number of carbonyl (C=O) groups excluding carboxylic acids is 1. The second-order valence-corrected chi connectivity index (χ2v) is 8.51. The predicted molar refractivity (Wildman–Crippen MR) is 120 cm³/mol. The number of aryl methyl sites for hydroxylation is 2. The van der Waals surface area contributed by atoms with Crippen LogP contribution in [0.25, 0.3) is 22.0 Å². The Kier molecular flexibility index (Phi) is 5.81. The van der Waals surface area contributed by atoms with Gasteiger partial charge in [-0.25, -0.2) is 0 Å². The molecular formula is C23H30N6O2. The van der Waals surface area contributed by atoms with Crippen molar-refractivity contribution in [3.8, 4) is 22.9 Å². The van der Waals surface area contributed by atoms with E-state index in [9.17, 15) is 10.1 Å². The third-order valence-electron chi connectivity index (χ3n) is 5.93. The maximum absolute atomic E-state index is 11.6. The highest BCUT2D eigenvalue weighted by molar-refractivity contribution is 5.92. The summed E-state index contributed by atoms with van der Waals surface area (Å²) in [5.74, 6) is 0.944. The van der Waals surface area contributed by atoms with Gasteiger partial charge in [-0.05, 0) is 45.4 Å². The summed E-state index contributed by atoms with van der Waals surface area (Å²) in [7, 11) is 1.91. The van der Waals surface area contributed by atoms with Gasteiger partial charge in [0.2, 0.25) is 5.91 Å². The first kappa shape index (κ1) is 22.3. The SMILES string of the molecule is C.Cc1c2c(O[C@H](C)[C@H]3CNC(=O)C3)cc(-c3cnn(C(C)(C)C#N)c3)cc2nn1C. The van der Waals surface area contributed by atoms with Crippen molar-refractivity contribution in [2.75, 3.05) is 6.54 Å². The number of hydrogen-bond acceptors (Lipinski definition) is 5. The smallest absolute Gasteiger partial charge is 0.220 e. The summed E-state index contributed by atoms with van der Waals surface area (Å²) < 4.78 is 9.89. The highest BCUT2D eigenvalue weighted by Crippen LogP contribution is 2.36. The van der Waals surface area contributed by atoms with Crippen LogP contribution in [0.4, 0.5) is 0 Å². The quantitative estimate of drug-likeness (QED) is 0.678. The molecule has 2 aromatic heterocycles. The van der Waals surface area contributed by atoms with Crippen LogP contribution in [0.3, 0.4) is 0 Å². The second-order valence-electron chi connectivity index (χ2n) is 8.51. The fourth-order valence-corrected chi connectivity index (χ4v) is 3.79. The van der Waals surface area contributed by atoms with Gasteiger partial charge in [-0.3, -0.25) is 14.2 Å². The first-order chi connectivity index (χ1) is 14.2. The monoisotopic (exact) mass is 422 g/mol. The first-order valence-corrected chi connectivity index (χ1v) is 10.1. The number of amides is 1. The molecule has 0 aliphatic carbocycles. The van der Waals surface area contributed by atoms with E-state index in [1.807, 2.05) is 57.8 Å². The Morgan fingerprint density at radius 2 is 2.10 bits per heavy atom. The van der Waals surface area contributed by atoms with Gasteiger partial charge in [0.15, 0.2) is 0 Å². The standard InChI is InChI=1S/C22H26N6O2.CH4/c1-13-21-18(26-27(13)5)6-15(17-10-25-28(11-17)22(3,4)12-23)7-19(21)30-14(2)16-8-20(29)24-9-16;/h6-7,10-11,14,16H,8-9H2,1-5H3,(H,24,29);1H4/t14-,16-;/m1./s1. The van der Waals surface area contributed by atoms with Gasteiger partial charge >= 0.3 is 0 Å². The van der Waals surface area contributed by atoms with E-state index in [-0.39, 0.29) is 25.4 Å². The topological polar surface area (TPSA) is 97.8 Å². The van der Waals surface area contributed by atoms with Gasteiger partial charge in [-0.2, -0.15) is 15.5 Å². The molecular weight excluding hydrogens is 392 g/mol. The molecule has 4 rings (SSSR count). The van der Waals surface area contributed by atoms with Crippen molar-refractivity contribution in [1.29, 1.82) is 5.26 Å². The number of nitriles is 1. The molecule has 0 unspecified atom stereocenters. The van der Waals surface area contributed by atoms with E-state index in [0.29, 0.717) is 13.0 Å². The lowest BCUT2D eigenvalue weighted by Gasteiger charge is -2.21. The molecule has 3 heterocycles. The number of carbonyl (C=O) groups is 1. The van der Waals surface area contributed by atoms with Gasteiger partial charge in [0.1, 0.15) is 17.4 Å². The van der Waals surface area contributed by atoms with E-state index < -0.39 is 5.54 Å². The zero-order chi connectivity index (χ0) is 21.6. The van der Waals surface area contributed by atoms with Crippen molar-refractivity contribution in [3.05, 3.63) is 30.2 Å². The Balaban J connectivity index is 0.00000272. The molecule has 1 aromatic carbocycles. The van der Waals surface area contributed by atoms with Gasteiger partial charge in [0, 0.05) is 43.4 Å². The number of fused-ring (bicyclic) bond motifs is 1. The lowest BCUT2D eigenvalue weighted by molar-refractivity contribution is -0.119. The molecule has 1 aliphatic heterocycles. The van der Waals surface area contributed by atoms with Gasteiger partial charge < -0.3 is 10.1 Å². The van der Waals surface area contributed by atoms with Crippen LogP contribution in [-0.2, 0) is 17.4 Å². The molecule has 1 N–H and O–H groups in total. The van der Waals surface area contributed by atoms with Crippen molar-refractivity contribution in [1.82, 2.24) is 24.9 Å². The Labute approximate surface area is 182 Å². The molecule has 0 saturated carbocycles. The van der Waals surface area contributed by atoms with Crippen LogP contribution in [0.15, 0.2) is 24.5 Å². The van der Waals surface area contributed by atoms with Crippen LogP contribution < -0.4 is 10.1 Å². The average molecular weight is 423 g/mol. The zero-order valence-corrected chi connectivity index (χ0v) is 17.9. The molecule has 0 spiro atoms. The highest BCUT2D eigenvalue weighted by atomic mass is 16.5. The van der Waals surface area contributed by atoms with Gasteiger partial charge in [0.05, 0.1) is 23.2 Å². The molecule has 1 amide bonds. The molecule has 2 atom stereocenters. The average Bonchev–Trinajstić information content (AvgIpc) is 3.42. The third kappa shape index (κ3) is 4.00. The minimum atomic E-state index is -0.736. The van der Waals surface area contributed by atoms with Crippen LogP contribution in [0.2, 0.25) is 0 Å². The molecule has 0 radical (unpaired) electrons. The third-order valence-corrected chi connectivity index (χ3v) is 5.93. The van der Waals surface area contributed by atoms with E-state index in [0.717, 1.165) is 33.5 Å². The Morgan fingerprint density at radius 1 is 1.35 bits per heavy atom. The highest BCUT2D eigenvalue weighted by Gasteiger charge is 2.29. The summed E-state index contributed by atoms with van der Waals surface area (Å²) >= 11 is 0. The minimum absolute atomic E-state index is 0. The van der Waals surface area contributed by atoms with Gasteiger partial charge in [-0.15, -0.1) is 0 Å². The maximum atomic E-state index is 11.6. The van der Waals surface area contributed by atoms with Gasteiger partial charge in [0.25, 0.3) is 0 Å². The molecule has 164 valence electrons. The Bertz CT molecular complexity index is 1170. The van der Waals surface area contributed by atoms with Crippen LogP contribution in [-0.4, -0.2) is 38.1 Å². The lowest BCUT2D eigenvalue weighted by atomic mass is 10.0. The molecule has 31 heavy (non-hydrogen) atoms. The number of nitrogens with zero attached hydrogens (tertiary/aromatic N) is 5. The number of nitrogens with one attached hydrogen (secondary N) is 1. The number of rotatable bonds is 5. The minimum Gasteiger partial charge on any atom is -0.490 e. The van der Waals surface area contributed by atoms with E-state index in [2.05, 4.69) is 21.6 Å². The number of benzene rings is 1. The van der Waals surface area contributed by atoms with Crippen LogP contribution >= 0.6 is 0 Å². The molecule has 8 nitrogen and oxygen atoms in total. The summed E-state index contributed by atoms with van der Waals surface area (Å²) in [6.45, 7) is 8.29. The van der Waals surface area contributed by atoms with E-state index in [1.165, 1.54) is 0 Å². The molecule has 0 bridgehead atoms. The number of hydrogen-bond donors (Lipinski definition) is 1. The zero-order valence-electron chi connectivity index (χ0n) is 17.9. The number of aromatic nitrogens is 4. The largest absolute Gasteiger partial charge is 0.490 e. The van der Waals surface area contributed by atoms with E-state index in [4.69, 9.17) is 4.74 Å². The van der Waals surface area contributed by atoms with Crippen molar-refractivity contribution in [3.63, 3.8) is 0 Å². The fourth-order valence-electron chi connectivity index (χ4n) is 3.79. The number of ether oxygens (including phenoxy) is 1. The Morgan fingerprint density at radius 3 is 2.74 bits per heavy atom. The van der Waals surface area contributed by atoms with Crippen LogP contribution in [0, 0.1) is 24.2 Å². The Hall–Kier alpha value is -3.34. The van der Waals surface area contributed by atoms with Gasteiger partial charge in [-0.1, -0.05) is 7.43 Å². The molecule has 1 saturated heterocycles. The second kappa shape index (κ2) is 8.06. The lowest BCUT2D eigenvalue weighted by Crippen LogP contribution is -2.25. The van der Waals surface area contributed by atoms with Crippen molar-refractivity contribution >= 4 is 16.8 Å². The first-order valence-electron chi connectivity index (χ1n) is 10.1. The molecule has 1 fully saturated rings. The van der Waals surface area contributed by atoms with E-state index in [1.54, 1.807) is 10.9 Å². The normalized spacial score (nSPS) is 17.2. The summed E-state index contributed by atoms with van der Waals surface area (Å²) in [6.07, 6.45) is 3.98. The van der Waals surface area contributed by atoms with Crippen LogP contribution in [0.5, 0.6) is 5.75 Å².